The molecule has 0 spiro atoms. The van der Waals surface area contributed by atoms with E-state index in [1.807, 2.05) is 31.3 Å². The number of carbonyl (C=O) groups is 2. The van der Waals surface area contributed by atoms with Gasteiger partial charge in [0.25, 0.3) is 11.8 Å². The number of aryl methyl sites for hydroxylation is 1. The molecule has 9 heteroatoms. The number of quaternary nitrogens is 1. The number of hydrogen-bond acceptors (Lipinski definition) is 6. The molecular formula is C24H30N5O3S+. The minimum atomic E-state index is -0.190. The van der Waals surface area contributed by atoms with Gasteiger partial charge in [-0.3, -0.25) is 9.59 Å². The minimum Gasteiger partial charge on any atom is -0.378 e. The van der Waals surface area contributed by atoms with Crippen LogP contribution in [0.25, 0.3) is 0 Å². The quantitative estimate of drug-likeness (QED) is 0.571. The second kappa shape index (κ2) is 10.8. The van der Waals surface area contributed by atoms with Gasteiger partial charge in [-0.2, -0.15) is 5.26 Å². The third-order valence-electron chi connectivity index (χ3n) is 5.99. The molecule has 174 valence electrons. The fraction of sp³-hybridized carbons (Fsp3) is 0.458. The Hall–Kier alpha value is -2.93. The maximum Gasteiger partial charge on any atom is 0.280 e. The average Bonchev–Trinajstić information content (AvgIpc) is 3.16. The molecule has 1 saturated heterocycles. The number of benzene rings is 1. The molecule has 1 aliphatic carbocycles. The lowest BCUT2D eigenvalue weighted by Crippen LogP contribution is -3.11. The van der Waals surface area contributed by atoms with Crippen LogP contribution in [0.1, 0.15) is 28.8 Å². The maximum absolute atomic E-state index is 12.6. The number of anilines is 3. The highest BCUT2D eigenvalue weighted by atomic mass is 32.1. The molecule has 1 aromatic carbocycles. The maximum atomic E-state index is 12.6. The summed E-state index contributed by atoms with van der Waals surface area (Å²) in [7, 11) is 1.81. The van der Waals surface area contributed by atoms with Crippen molar-refractivity contribution in [3.63, 3.8) is 0 Å². The van der Waals surface area contributed by atoms with Crippen molar-refractivity contribution in [2.24, 2.45) is 0 Å². The number of fused-ring (bicyclic) bond motifs is 1. The van der Waals surface area contributed by atoms with Crippen molar-refractivity contribution in [2.75, 3.05) is 62.0 Å². The van der Waals surface area contributed by atoms with Crippen molar-refractivity contribution in [3.05, 3.63) is 40.3 Å². The van der Waals surface area contributed by atoms with Crippen LogP contribution in [0, 0.1) is 11.3 Å². The second-order valence-corrected chi connectivity index (χ2v) is 9.69. The number of carbonyl (C=O) groups excluding carboxylic acids is 2. The van der Waals surface area contributed by atoms with Crippen molar-refractivity contribution in [1.29, 1.82) is 5.26 Å². The molecule has 1 atom stereocenters. The largest absolute Gasteiger partial charge is 0.378 e. The SMILES string of the molecule is C[NH+](CC(=O)Nc1ccc(N2CCOCC2)cc1)CC(=O)Nc1sc2c(c1C#N)CCCC2. The topological polar surface area (TPSA) is 98.9 Å². The van der Waals surface area contributed by atoms with Crippen LogP contribution in [0.15, 0.2) is 24.3 Å². The number of thiophene rings is 1. The normalized spacial score (nSPS) is 16.4. The summed E-state index contributed by atoms with van der Waals surface area (Å²) in [4.78, 5) is 29.2. The highest BCUT2D eigenvalue weighted by Crippen LogP contribution is 2.37. The monoisotopic (exact) mass is 468 g/mol. The van der Waals surface area contributed by atoms with Crippen LogP contribution in [0.2, 0.25) is 0 Å². The predicted octanol–water partition coefficient (Wildman–Crippen LogP) is 1.43. The molecule has 1 aliphatic heterocycles. The molecule has 1 unspecified atom stereocenters. The first-order valence-electron chi connectivity index (χ1n) is 11.4. The lowest BCUT2D eigenvalue weighted by atomic mass is 9.96. The molecule has 1 fully saturated rings. The Bertz CT molecular complexity index is 1040. The fourth-order valence-corrected chi connectivity index (χ4v) is 5.59. The van der Waals surface area contributed by atoms with Crippen LogP contribution in [-0.2, 0) is 27.2 Å². The summed E-state index contributed by atoms with van der Waals surface area (Å²) in [5, 5.41) is 16.0. The molecule has 0 saturated carbocycles. The Labute approximate surface area is 198 Å². The Morgan fingerprint density at radius 2 is 1.76 bits per heavy atom. The Balaban J connectivity index is 1.26. The van der Waals surface area contributed by atoms with Gasteiger partial charge >= 0.3 is 0 Å². The van der Waals surface area contributed by atoms with Gasteiger partial charge in [-0.15, -0.1) is 11.3 Å². The average molecular weight is 469 g/mol. The number of nitrogens with one attached hydrogen (secondary N) is 3. The van der Waals surface area contributed by atoms with E-state index in [-0.39, 0.29) is 24.9 Å². The highest BCUT2D eigenvalue weighted by Gasteiger charge is 2.23. The van der Waals surface area contributed by atoms with E-state index in [0.717, 1.165) is 73.8 Å². The molecule has 2 aromatic rings. The van der Waals surface area contributed by atoms with Crippen LogP contribution in [0.5, 0.6) is 0 Å². The standard InChI is InChI=1S/C24H29N5O3S/c1-28(16-23(31)27-24-20(14-25)19-4-2-3-5-21(19)33-24)15-22(30)26-17-6-8-18(9-7-17)29-10-12-32-13-11-29/h6-9H,2-5,10-13,15-16H2,1H3,(H,26,30)(H,27,31)/p+1. The number of hydrogen-bond donors (Lipinski definition) is 3. The minimum absolute atomic E-state index is 0.149. The summed E-state index contributed by atoms with van der Waals surface area (Å²) in [6, 6.07) is 10.1. The predicted molar refractivity (Wildman–Crippen MR) is 129 cm³/mol. The number of nitrogens with zero attached hydrogens (tertiary/aromatic N) is 2. The molecule has 0 radical (unpaired) electrons. The Morgan fingerprint density at radius 1 is 1.09 bits per heavy atom. The van der Waals surface area contributed by atoms with Gasteiger partial charge in [0.2, 0.25) is 0 Å². The van der Waals surface area contributed by atoms with E-state index < -0.39 is 0 Å². The number of nitriles is 1. The number of rotatable bonds is 7. The van der Waals surface area contributed by atoms with E-state index in [1.165, 1.54) is 16.2 Å². The van der Waals surface area contributed by atoms with Crippen molar-refractivity contribution in [3.8, 4) is 6.07 Å². The van der Waals surface area contributed by atoms with Crippen LogP contribution in [0.4, 0.5) is 16.4 Å². The summed E-state index contributed by atoms with van der Waals surface area (Å²) >= 11 is 1.52. The van der Waals surface area contributed by atoms with Crippen LogP contribution >= 0.6 is 11.3 Å². The number of ether oxygens (including phenoxy) is 1. The first-order chi connectivity index (χ1) is 16.0. The van der Waals surface area contributed by atoms with E-state index >= 15 is 0 Å². The van der Waals surface area contributed by atoms with E-state index in [1.54, 1.807) is 0 Å². The van der Waals surface area contributed by atoms with Gasteiger partial charge in [-0.1, -0.05) is 0 Å². The lowest BCUT2D eigenvalue weighted by Gasteiger charge is -2.28. The second-order valence-electron chi connectivity index (χ2n) is 8.58. The van der Waals surface area contributed by atoms with Gasteiger partial charge < -0.3 is 25.2 Å². The zero-order valence-electron chi connectivity index (χ0n) is 18.9. The van der Waals surface area contributed by atoms with Gasteiger partial charge in [0.05, 0.1) is 25.8 Å². The highest BCUT2D eigenvalue weighted by molar-refractivity contribution is 7.16. The molecule has 4 rings (SSSR count). The van der Waals surface area contributed by atoms with Gasteiger partial charge in [-0.05, 0) is 55.5 Å². The number of amides is 2. The summed E-state index contributed by atoms with van der Waals surface area (Å²) in [6.07, 6.45) is 4.10. The third-order valence-corrected chi connectivity index (χ3v) is 7.20. The Kier molecular flexibility index (Phi) is 7.60. The zero-order chi connectivity index (χ0) is 23.2. The van der Waals surface area contributed by atoms with Crippen molar-refractivity contribution in [2.45, 2.75) is 25.7 Å². The molecule has 3 N–H and O–H groups in total. The van der Waals surface area contributed by atoms with Crippen molar-refractivity contribution < 1.29 is 19.2 Å². The summed E-state index contributed by atoms with van der Waals surface area (Å²) in [6.45, 7) is 3.51. The summed E-state index contributed by atoms with van der Waals surface area (Å²) in [5.41, 5.74) is 3.56. The summed E-state index contributed by atoms with van der Waals surface area (Å²) < 4.78 is 5.38. The van der Waals surface area contributed by atoms with Crippen molar-refractivity contribution in [1.82, 2.24) is 0 Å². The molecule has 33 heavy (non-hydrogen) atoms. The molecular weight excluding hydrogens is 438 g/mol. The van der Waals surface area contributed by atoms with Crippen LogP contribution in [0.3, 0.4) is 0 Å². The van der Waals surface area contributed by atoms with Gasteiger partial charge in [-0.25, -0.2) is 0 Å². The smallest absolute Gasteiger partial charge is 0.280 e. The van der Waals surface area contributed by atoms with Crippen LogP contribution in [-0.4, -0.2) is 58.3 Å². The number of likely N-dealkylation sites (N-methyl/N-ethyl adjacent to an activating group) is 1. The molecule has 0 bridgehead atoms. The first kappa shape index (κ1) is 23.2. The first-order valence-corrected chi connectivity index (χ1v) is 12.2. The molecule has 2 heterocycles. The van der Waals surface area contributed by atoms with Gasteiger partial charge in [0, 0.05) is 29.3 Å². The van der Waals surface area contributed by atoms with E-state index in [0.29, 0.717) is 10.6 Å². The number of morpholine rings is 1. The summed E-state index contributed by atoms with van der Waals surface area (Å²) in [5.74, 6) is -0.339. The fourth-order valence-electron chi connectivity index (χ4n) is 4.34. The molecule has 8 nitrogen and oxygen atoms in total. The molecule has 2 aliphatic rings. The third kappa shape index (κ3) is 5.90. The van der Waals surface area contributed by atoms with E-state index in [9.17, 15) is 14.9 Å². The van der Waals surface area contributed by atoms with Gasteiger partial charge in [0.1, 0.15) is 11.1 Å². The van der Waals surface area contributed by atoms with Gasteiger partial charge in [0.15, 0.2) is 13.1 Å². The van der Waals surface area contributed by atoms with Crippen LogP contribution < -0.4 is 20.4 Å². The van der Waals surface area contributed by atoms with Crippen molar-refractivity contribution >= 4 is 39.5 Å². The molecule has 2 amide bonds. The zero-order valence-corrected chi connectivity index (χ0v) is 19.7. The van der Waals surface area contributed by atoms with E-state index in [2.05, 4.69) is 21.6 Å². The molecule has 1 aromatic heterocycles. The van der Waals surface area contributed by atoms with E-state index in [4.69, 9.17) is 4.74 Å². The lowest BCUT2D eigenvalue weighted by molar-refractivity contribution is -0.862. The Morgan fingerprint density at radius 3 is 2.45 bits per heavy atom.